The molecule has 8 heteroatoms. The molecular weight excluding hydrogens is 378 g/mol. The molecule has 0 fully saturated rings. The molecule has 0 atom stereocenters. The minimum absolute atomic E-state index is 0.0329. The van der Waals surface area contributed by atoms with Crippen molar-refractivity contribution in [2.45, 2.75) is 13.3 Å². The van der Waals surface area contributed by atoms with Crippen LogP contribution in [0.1, 0.15) is 31.8 Å². The molecule has 0 unspecified atom stereocenters. The summed E-state index contributed by atoms with van der Waals surface area (Å²) in [5, 5.41) is 2.45. The Bertz CT molecular complexity index is 936. The van der Waals surface area contributed by atoms with E-state index in [-0.39, 0.29) is 23.2 Å². The fourth-order valence-corrected chi connectivity index (χ4v) is 2.53. The Morgan fingerprint density at radius 3 is 2.28 bits per heavy atom. The zero-order valence-corrected chi connectivity index (χ0v) is 16.3. The van der Waals surface area contributed by atoms with E-state index in [1.165, 1.54) is 32.4 Å². The molecule has 29 heavy (non-hydrogen) atoms. The third-order valence-corrected chi connectivity index (χ3v) is 4.08. The van der Waals surface area contributed by atoms with Crippen LogP contribution >= 0.6 is 0 Å². The molecule has 0 aromatic heterocycles. The van der Waals surface area contributed by atoms with Gasteiger partial charge in [-0.05, 0) is 36.2 Å². The van der Waals surface area contributed by atoms with Crippen molar-refractivity contribution in [1.29, 1.82) is 0 Å². The van der Waals surface area contributed by atoms with Gasteiger partial charge in [-0.25, -0.2) is 9.59 Å². The molecule has 0 radical (unpaired) electrons. The quantitative estimate of drug-likeness (QED) is 0.562. The summed E-state index contributed by atoms with van der Waals surface area (Å²) in [6.45, 7) is 1.33. The minimum atomic E-state index is -0.701. The Hall–Kier alpha value is -3.68. The molecular formula is C21H21NO7. The largest absolute Gasteiger partial charge is 0.465 e. The molecule has 152 valence electrons. The summed E-state index contributed by atoms with van der Waals surface area (Å²) in [4.78, 5) is 47.8. The molecule has 0 saturated heterocycles. The van der Waals surface area contributed by atoms with Crippen molar-refractivity contribution in [2.24, 2.45) is 0 Å². The fraction of sp³-hybridized carbons (Fsp3) is 0.238. The Balaban J connectivity index is 2.05. The van der Waals surface area contributed by atoms with Gasteiger partial charge in [0.05, 0.1) is 37.5 Å². The van der Waals surface area contributed by atoms with Gasteiger partial charge in [-0.3, -0.25) is 9.59 Å². The van der Waals surface area contributed by atoms with E-state index < -0.39 is 30.4 Å². The van der Waals surface area contributed by atoms with Gasteiger partial charge in [0, 0.05) is 0 Å². The van der Waals surface area contributed by atoms with Gasteiger partial charge in [0.25, 0.3) is 5.91 Å². The molecule has 1 N–H and O–H groups in total. The van der Waals surface area contributed by atoms with Crippen molar-refractivity contribution in [3.05, 3.63) is 64.7 Å². The number of benzene rings is 2. The van der Waals surface area contributed by atoms with Crippen LogP contribution in [0.5, 0.6) is 0 Å². The van der Waals surface area contributed by atoms with E-state index in [0.29, 0.717) is 0 Å². The van der Waals surface area contributed by atoms with Crippen LogP contribution in [0.2, 0.25) is 0 Å². The number of carbonyl (C=O) groups is 4. The second kappa shape index (κ2) is 10.0. The standard InChI is InChI=1S/C21H21NO7/c1-13-6-4-5-7-14(13)11-19(24)29-12-18(23)22-17-10-15(20(25)27-2)8-9-16(17)21(26)28-3/h4-10H,11-12H2,1-3H3,(H,22,23). The minimum Gasteiger partial charge on any atom is -0.465 e. The Morgan fingerprint density at radius 2 is 1.62 bits per heavy atom. The van der Waals surface area contributed by atoms with Gasteiger partial charge in [-0.1, -0.05) is 24.3 Å². The van der Waals surface area contributed by atoms with Crippen molar-refractivity contribution in [1.82, 2.24) is 0 Å². The molecule has 0 aliphatic rings. The number of anilines is 1. The van der Waals surface area contributed by atoms with E-state index in [0.717, 1.165) is 11.1 Å². The smallest absolute Gasteiger partial charge is 0.339 e. The van der Waals surface area contributed by atoms with Gasteiger partial charge in [0.15, 0.2) is 6.61 Å². The Morgan fingerprint density at radius 1 is 0.931 bits per heavy atom. The predicted molar refractivity (Wildman–Crippen MR) is 104 cm³/mol. The number of hydrogen-bond donors (Lipinski definition) is 1. The Kier molecular flexibility index (Phi) is 7.47. The molecule has 8 nitrogen and oxygen atoms in total. The first-order valence-corrected chi connectivity index (χ1v) is 8.66. The normalized spacial score (nSPS) is 10.0. The number of esters is 3. The SMILES string of the molecule is COC(=O)c1ccc(C(=O)OC)c(NC(=O)COC(=O)Cc2ccccc2C)c1. The fourth-order valence-electron chi connectivity index (χ4n) is 2.53. The van der Waals surface area contributed by atoms with E-state index in [9.17, 15) is 19.2 Å². The first kappa shape index (κ1) is 21.6. The van der Waals surface area contributed by atoms with Crippen LogP contribution in [-0.4, -0.2) is 44.6 Å². The lowest BCUT2D eigenvalue weighted by Crippen LogP contribution is -2.23. The zero-order chi connectivity index (χ0) is 21.4. The molecule has 0 aliphatic carbocycles. The highest BCUT2D eigenvalue weighted by atomic mass is 16.5. The number of hydrogen-bond acceptors (Lipinski definition) is 7. The first-order chi connectivity index (χ1) is 13.8. The number of methoxy groups -OCH3 is 2. The van der Waals surface area contributed by atoms with Crippen molar-refractivity contribution in [2.75, 3.05) is 26.1 Å². The van der Waals surface area contributed by atoms with Crippen LogP contribution in [0.15, 0.2) is 42.5 Å². The zero-order valence-electron chi connectivity index (χ0n) is 16.3. The summed E-state index contributed by atoms with van der Waals surface area (Å²) >= 11 is 0. The van der Waals surface area contributed by atoms with Gasteiger partial charge in [0.2, 0.25) is 0 Å². The topological polar surface area (TPSA) is 108 Å². The first-order valence-electron chi connectivity index (χ1n) is 8.66. The third kappa shape index (κ3) is 5.90. The summed E-state index contributed by atoms with van der Waals surface area (Å²) < 4.78 is 14.3. The van der Waals surface area contributed by atoms with Crippen LogP contribution < -0.4 is 5.32 Å². The monoisotopic (exact) mass is 399 g/mol. The highest BCUT2D eigenvalue weighted by Crippen LogP contribution is 2.20. The van der Waals surface area contributed by atoms with Crippen molar-refractivity contribution in [3.8, 4) is 0 Å². The molecule has 0 aliphatic heterocycles. The van der Waals surface area contributed by atoms with Crippen LogP contribution in [0.4, 0.5) is 5.69 Å². The van der Waals surface area contributed by atoms with Crippen molar-refractivity contribution >= 4 is 29.5 Å². The van der Waals surface area contributed by atoms with E-state index in [2.05, 4.69) is 14.8 Å². The third-order valence-electron chi connectivity index (χ3n) is 4.08. The highest BCUT2D eigenvalue weighted by Gasteiger charge is 2.18. The maximum Gasteiger partial charge on any atom is 0.339 e. The number of aryl methyl sites for hydroxylation is 1. The van der Waals surface area contributed by atoms with Crippen LogP contribution in [0.25, 0.3) is 0 Å². The summed E-state index contributed by atoms with van der Waals surface area (Å²) in [7, 11) is 2.40. The molecule has 0 spiro atoms. The van der Waals surface area contributed by atoms with Gasteiger partial charge >= 0.3 is 17.9 Å². The van der Waals surface area contributed by atoms with Gasteiger partial charge < -0.3 is 19.5 Å². The lowest BCUT2D eigenvalue weighted by Gasteiger charge is -2.12. The average Bonchev–Trinajstić information content (AvgIpc) is 2.72. The van der Waals surface area contributed by atoms with Crippen LogP contribution in [0, 0.1) is 6.92 Å². The van der Waals surface area contributed by atoms with Crippen LogP contribution in [-0.2, 0) is 30.2 Å². The maximum absolute atomic E-state index is 12.2. The molecule has 0 bridgehead atoms. The van der Waals surface area contributed by atoms with Crippen LogP contribution in [0.3, 0.4) is 0 Å². The van der Waals surface area contributed by atoms with Gasteiger partial charge in [-0.2, -0.15) is 0 Å². The molecule has 0 heterocycles. The number of rotatable bonds is 7. The maximum atomic E-state index is 12.2. The number of ether oxygens (including phenoxy) is 3. The van der Waals surface area contributed by atoms with Gasteiger partial charge in [-0.15, -0.1) is 0 Å². The van der Waals surface area contributed by atoms with E-state index in [1.54, 1.807) is 6.07 Å². The van der Waals surface area contributed by atoms with Gasteiger partial charge in [0.1, 0.15) is 0 Å². The summed E-state index contributed by atoms with van der Waals surface area (Å²) in [5.74, 6) is -2.57. The molecule has 1 amide bonds. The van der Waals surface area contributed by atoms with Crippen molar-refractivity contribution in [3.63, 3.8) is 0 Å². The highest BCUT2D eigenvalue weighted by molar-refractivity contribution is 6.04. The summed E-state index contributed by atoms with van der Waals surface area (Å²) in [5.41, 5.74) is 1.96. The lowest BCUT2D eigenvalue weighted by molar-refractivity contribution is -0.146. The second-order valence-corrected chi connectivity index (χ2v) is 6.06. The summed E-state index contributed by atoms with van der Waals surface area (Å²) in [6, 6.07) is 11.3. The molecule has 2 aromatic rings. The lowest BCUT2D eigenvalue weighted by atomic mass is 10.1. The second-order valence-electron chi connectivity index (χ2n) is 6.06. The van der Waals surface area contributed by atoms with E-state index >= 15 is 0 Å². The number of nitrogens with one attached hydrogen (secondary N) is 1. The van der Waals surface area contributed by atoms with E-state index in [1.807, 2.05) is 25.1 Å². The average molecular weight is 399 g/mol. The van der Waals surface area contributed by atoms with E-state index in [4.69, 9.17) is 4.74 Å². The van der Waals surface area contributed by atoms with Crippen molar-refractivity contribution < 1.29 is 33.4 Å². The molecule has 0 saturated carbocycles. The number of carbonyl (C=O) groups excluding carboxylic acids is 4. The molecule has 2 rings (SSSR count). The Labute approximate surface area is 167 Å². The molecule has 2 aromatic carbocycles. The predicted octanol–water partition coefficient (Wildman–Crippen LogP) is 2.29. The summed E-state index contributed by atoms with van der Waals surface area (Å²) in [6.07, 6.45) is 0.0329. The number of amides is 1.